The molecule has 3 atom stereocenters. The van der Waals surface area contributed by atoms with Gasteiger partial charge in [0.15, 0.2) is 0 Å². The maximum Gasteiger partial charge on any atom is 0.108 e. The van der Waals surface area contributed by atoms with Gasteiger partial charge in [-0.25, -0.2) is 0 Å². The molecule has 4 heteroatoms. The molecule has 0 aromatic heterocycles. The molecule has 0 N–H and O–H groups in total. The standard InChI is InChI=1S/C23H29ClN2O/c1-25(2)12-6-13-26-14-11-20-19-9-3-4-10-21(19)23(27-22(20)16-26)17-7-5-8-18(24)15-17/h3-5,7-10,15,20,22-23H,6,11-14,16H2,1-2H3/t20-,22-,23?/m0/s1. The minimum absolute atomic E-state index is 0.0251. The summed E-state index contributed by atoms with van der Waals surface area (Å²) in [6, 6.07) is 16.9. The maximum absolute atomic E-state index is 6.70. The molecule has 1 unspecified atom stereocenters. The number of rotatable bonds is 5. The topological polar surface area (TPSA) is 15.7 Å². The lowest BCUT2D eigenvalue weighted by Crippen LogP contribution is -2.47. The van der Waals surface area contributed by atoms with E-state index in [1.165, 1.54) is 24.0 Å². The summed E-state index contributed by atoms with van der Waals surface area (Å²) in [6.07, 6.45) is 2.60. The quantitative estimate of drug-likeness (QED) is 0.751. The fourth-order valence-electron chi connectivity index (χ4n) is 4.55. The van der Waals surface area contributed by atoms with Gasteiger partial charge in [-0.2, -0.15) is 0 Å². The molecule has 2 aliphatic rings. The van der Waals surface area contributed by atoms with Crippen LogP contribution in [-0.2, 0) is 4.74 Å². The van der Waals surface area contributed by atoms with Crippen LogP contribution in [0.5, 0.6) is 0 Å². The van der Waals surface area contributed by atoms with Crippen molar-refractivity contribution in [2.45, 2.75) is 31.0 Å². The van der Waals surface area contributed by atoms with Crippen molar-refractivity contribution in [1.82, 2.24) is 9.80 Å². The molecule has 0 radical (unpaired) electrons. The molecular formula is C23H29ClN2O. The van der Waals surface area contributed by atoms with Crippen LogP contribution in [0.4, 0.5) is 0 Å². The summed E-state index contributed by atoms with van der Waals surface area (Å²) in [5.41, 5.74) is 3.92. The lowest BCUT2D eigenvalue weighted by atomic mass is 9.79. The summed E-state index contributed by atoms with van der Waals surface area (Å²) in [5, 5.41) is 0.768. The first kappa shape index (κ1) is 18.9. The molecule has 0 aliphatic carbocycles. The van der Waals surface area contributed by atoms with Gasteiger partial charge in [-0.1, -0.05) is 48.0 Å². The molecule has 1 fully saturated rings. The van der Waals surface area contributed by atoms with Crippen molar-refractivity contribution < 1.29 is 4.74 Å². The zero-order valence-corrected chi connectivity index (χ0v) is 17.0. The van der Waals surface area contributed by atoms with E-state index < -0.39 is 0 Å². The Labute approximate surface area is 167 Å². The van der Waals surface area contributed by atoms with Crippen LogP contribution < -0.4 is 0 Å². The molecule has 144 valence electrons. The predicted octanol–water partition coefficient (Wildman–Crippen LogP) is 4.57. The van der Waals surface area contributed by atoms with Crippen molar-refractivity contribution in [3.05, 3.63) is 70.2 Å². The van der Waals surface area contributed by atoms with Crippen molar-refractivity contribution in [2.24, 2.45) is 0 Å². The first-order valence-electron chi connectivity index (χ1n) is 9.98. The lowest BCUT2D eigenvalue weighted by Gasteiger charge is -2.45. The van der Waals surface area contributed by atoms with Crippen molar-refractivity contribution in [3.63, 3.8) is 0 Å². The van der Waals surface area contributed by atoms with Gasteiger partial charge in [0.05, 0.1) is 6.10 Å². The SMILES string of the molecule is CN(C)CCCN1CC[C@H]2c3ccccc3C(c3cccc(Cl)c3)O[C@H]2C1. The van der Waals surface area contributed by atoms with Gasteiger partial charge < -0.3 is 14.5 Å². The summed E-state index contributed by atoms with van der Waals surface area (Å²) in [4.78, 5) is 4.84. The molecule has 27 heavy (non-hydrogen) atoms. The third-order valence-electron chi connectivity index (χ3n) is 5.86. The second-order valence-corrected chi connectivity index (χ2v) is 8.53. The van der Waals surface area contributed by atoms with Crippen LogP contribution >= 0.6 is 11.6 Å². The van der Waals surface area contributed by atoms with Crippen LogP contribution in [-0.4, -0.2) is 56.2 Å². The van der Waals surface area contributed by atoms with E-state index in [0.29, 0.717) is 5.92 Å². The van der Waals surface area contributed by atoms with Crippen LogP contribution in [0.25, 0.3) is 0 Å². The number of ether oxygens (including phenoxy) is 1. The minimum atomic E-state index is -0.0251. The molecule has 2 heterocycles. The van der Waals surface area contributed by atoms with Crippen molar-refractivity contribution in [3.8, 4) is 0 Å². The highest BCUT2D eigenvalue weighted by atomic mass is 35.5. The van der Waals surface area contributed by atoms with E-state index in [-0.39, 0.29) is 12.2 Å². The first-order chi connectivity index (χ1) is 13.1. The molecule has 2 aromatic carbocycles. The normalized spacial score (nSPS) is 25.3. The van der Waals surface area contributed by atoms with Crippen molar-refractivity contribution in [2.75, 3.05) is 40.3 Å². The molecule has 0 spiro atoms. The predicted molar refractivity (Wildman–Crippen MR) is 112 cm³/mol. The number of fused-ring (bicyclic) bond motifs is 3. The lowest BCUT2D eigenvalue weighted by molar-refractivity contribution is -0.0591. The summed E-state index contributed by atoms with van der Waals surface area (Å²) in [6.45, 7) is 4.46. The molecule has 0 amide bonds. The maximum atomic E-state index is 6.70. The average molecular weight is 385 g/mol. The average Bonchev–Trinajstić information content (AvgIpc) is 2.67. The summed E-state index contributed by atoms with van der Waals surface area (Å²) in [7, 11) is 4.28. The van der Waals surface area contributed by atoms with Crippen LogP contribution in [0, 0.1) is 0 Å². The molecule has 3 nitrogen and oxygen atoms in total. The Morgan fingerprint density at radius 2 is 1.93 bits per heavy atom. The fourth-order valence-corrected chi connectivity index (χ4v) is 4.75. The summed E-state index contributed by atoms with van der Waals surface area (Å²) >= 11 is 6.27. The number of halogens is 1. The van der Waals surface area contributed by atoms with Gasteiger partial charge in [0.25, 0.3) is 0 Å². The van der Waals surface area contributed by atoms with Gasteiger partial charge in [-0.3, -0.25) is 0 Å². The van der Waals surface area contributed by atoms with Crippen LogP contribution in [0.3, 0.4) is 0 Å². The smallest absolute Gasteiger partial charge is 0.108 e. The Morgan fingerprint density at radius 3 is 2.70 bits per heavy atom. The number of benzene rings is 2. The van der Waals surface area contributed by atoms with Crippen LogP contribution in [0.2, 0.25) is 5.02 Å². The molecule has 0 bridgehead atoms. The van der Waals surface area contributed by atoms with Gasteiger partial charge in [0.1, 0.15) is 6.10 Å². The first-order valence-corrected chi connectivity index (χ1v) is 10.4. The third kappa shape index (κ3) is 4.22. The number of likely N-dealkylation sites (tertiary alicyclic amines) is 1. The highest BCUT2D eigenvalue weighted by Gasteiger charge is 2.39. The Morgan fingerprint density at radius 1 is 1.11 bits per heavy atom. The van der Waals surface area contributed by atoms with E-state index in [1.54, 1.807) is 0 Å². The van der Waals surface area contributed by atoms with Crippen LogP contribution in [0.15, 0.2) is 48.5 Å². The van der Waals surface area contributed by atoms with Crippen molar-refractivity contribution in [1.29, 1.82) is 0 Å². The van der Waals surface area contributed by atoms with E-state index in [2.05, 4.69) is 54.2 Å². The van der Waals surface area contributed by atoms with Gasteiger partial charge in [0.2, 0.25) is 0 Å². The van der Waals surface area contributed by atoms with E-state index in [9.17, 15) is 0 Å². The van der Waals surface area contributed by atoms with E-state index in [0.717, 1.165) is 36.8 Å². The minimum Gasteiger partial charge on any atom is -0.364 e. The number of piperidine rings is 1. The zero-order chi connectivity index (χ0) is 18.8. The Balaban J connectivity index is 1.56. The number of hydrogen-bond donors (Lipinski definition) is 0. The molecule has 2 aromatic rings. The van der Waals surface area contributed by atoms with E-state index in [1.807, 2.05) is 18.2 Å². The van der Waals surface area contributed by atoms with Gasteiger partial charge in [0, 0.05) is 17.5 Å². The summed E-state index contributed by atoms with van der Waals surface area (Å²) < 4.78 is 6.70. The fraction of sp³-hybridized carbons (Fsp3) is 0.478. The Hall–Kier alpha value is -1.39. The Kier molecular flexibility index (Phi) is 5.84. The second kappa shape index (κ2) is 8.32. The van der Waals surface area contributed by atoms with Gasteiger partial charge >= 0.3 is 0 Å². The Bertz CT molecular complexity index is 778. The highest BCUT2D eigenvalue weighted by molar-refractivity contribution is 6.30. The van der Waals surface area contributed by atoms with Gasteiger partial charge in [-0.05, 0) is 75.4 Å². The number of hydrogen-bond acceptors (Lipinski definition) is 3. The second-order valence-electron chi connectivity index (χ2n) is 8.09. The molecule has 1 saturated heterocycles. The highest BCUT2D eigenvalue weighted by Crippen LogP contribution is 2.44. The van der Waals surface area contributed by atoms with E-state index >= 15 is 0 Å². The molecule has 2 aliphatic heterocycles. The monoisotopic (exact) mass is 384 g/mol. The van der Waals surface area contributed by atoms with Gasteiger partial charge in [-0.15, -0.1) is 0 Å². The molecule has 0 saturated carbocycles. The van der Waals surface area contributed by atoms with Crippen LogP contribution in [0.1, 0.15) is 41.6 Å². The van der Waals surface area contributed by atoms with E-state index in [4.69, 9.17) is 16.3 Å². The van der Waals surface area contributed by atoms with Crippen molar-refractivity contribution >= 4 is 11.6 Å². The summed E-state index contributed by atoms with van der Waals surface area (Å²) in [5.74, 6) is 0.502. The zero-order valence-electron chi connectivity index (χ0n) is 16.3. The largest absolute Gasteiger partial charge is 0.364 e. The molecule has 4 rings (SSSR count). The number of nitrogens with zero attached hydrogens (tertiary/aromatic N) is 2. The third-order valence-corrected chi connectivity index (χ3v) is 6.10. The molecular weight excluding hydrogens is 356 g/mol.